The summed E-state index contributed by atoms with van der Waals surface area (Å²) in [5.41, 5.74) is 9.15. The summed E-state index contributed by atoms with van der Waals surface area (Å²) in [5.74, 6) is 2.76. The van der Waals surface area contributed by atoms with E-state index in [1.165, 1.54) is 18.4 Å². The number of aryl methyl sites for hydroxylation is 2. The van der Waals surface area contributed by atoms with Crippen LogP contribution in [-0.4, -0.2) is 11.1 Å². The molecule has 21 heavy (non-hydrogen) atoms. The van der Waals surface area contributed by atoms with Crippen LogP contribution in [0.15, 0.2) is 6.07 Å². The summed E-state index contributed by atoms with van der Waals surface area (Å²) in [6, 6.07) is 2.08. The van der Waals surface area contributed by atoms with Gasteiger partial charge in [0, 0.05) is 17.8 Å². The van der Waals surface area contributed by atoms with Gasteiger partial charge >= 0.3 is 0 Å². The van der Waals surface area contributed by atoms with Crippen LogP contribution in [0.2, 0.25) is 0 Å². The molecule has 0 spiro atoms. The van der Waals surface area contributed by atoms with Crippen molar-refractivity contribution in [3.05, 3.63) is 22.9 Å². The summed E-state index contributed by atoms with van der Waals surface area (Å²) in [5, 5.41) is 0. The number of hydrogen-bond donors (Lipinski definition) is 1. The third kappa shape index (κ3) is 3.76. The molecule has 0 aliphatic heterocycles. The second-order valence-corrected chi connectivity index (χ2v) is 7.05. The minimum atomic E-state index is 0.271. The first-order valence-corrected chi connectivity index (χ1v) is 8.26. The van der Waals surface area contributed by atoms with E-state index >= 15 is 0 Å². The highest BCUT2D eigenvalue weighted by Gasteiger charge is 2.33. The van der Waals surface area contributed by atoms with Crippen LogP contribution < -0.4 is 10.5 Å². The molecule has 2 N–H and O–H groups in total. The zero-order chi connectivity index (χ0) is 15.6. The Labute approximate surface area is 129 Å². The van der Waals surface area contributed by atoms with Crippen LogP contribution in [0, 0.1) is 31.6 Å². The molecule has 3 unspecified atom stereocenters. The molecule has 3 nitrogen and oxygen atoms in total. The fraction of sp³-hybridized carbons (Fsp3) is 0.722. The number of pyridine rings is 1. The number of hydrogen-bond acceptors (Lipinski definition) is 3. The molecule has 1 aromatic heterocycles. The molecule has 3 atom stereocenters. The van der Waals surface area contributed by atoms with Crippen molar-refractivity contribution < 1.29 is 4.74 Å². The smallest absolute Gasteiger partial charge is 0.218 e. The van der Waals surface area contributed by atoms with E-state index in [4.69, 9.17) is 10.5 Å². The molecule has 1 aliphatic carbocycles. The number of rotatable bonds is 4. The van der Waals surface area contributed by atoms with E-state index in [9.17, 15) is 0 Å². The lowest BCUT2D eigenvalue weighted by Crippen LogP contribution is -2.37. The molecule has 0 aromatic carbocycles. The molecule has 1 aliphatic rings. The van der Waals surface area contributed by atoms with Crippen molar-refractivity contribution in [1.29, 1.82) is 0 Å². The van der Waals surface area contributed by atoms with Gasteiger partial charge in [0.15, 0.2) is 0 Å². The Hall–Kier alpha value is -1.09. The fourth-order valence-corrected chi connectivity index (χ4v) is 3.57. The molecule has 1 aromatic rings. The van der Waals surface area contributed by atoms with Crippen molar-refractivity contribution >= 4 is 0 Å². The van der Waals surface area contributed by atoms with Crippen molar-refractivity contribution in [1.82, 2.24) is 4.98 Å². The summed E-state index contributed by atoms with van der Waals surface area (Å²) in [6.07, 6.45) is 3.97. The SMILES string of the molecule is Cc1cc(C)c(CN)c(OC2CC(C)CCC2C(C)C)n1. The third-order valence-corrected chi connectivity index (χ3v) is 4.87. The largest absolute Gasteiger partial charge is 0.474 e. The van der Waals surface area contributed by atoms with Crippen molar-refractivity contribution in [3.63, 3.8) is 0 Å². The Morgan fingerprint density at radius 3 is 2.67 bits per heavy atom. The maximum atomic E-state index is 6.39. The molecular formula is C18H30N2O. The second kappa shape index (κ2) is 6.78. The van der Waals surface area contributed by atoms with E-state index in [0.717, 1.165) is 29.5 Å². The van der Waals surface area contributed by atoms with Crippen LogP contribution in [-0.2, 0) is 6.54 Å². The topological polar surface area (TPSA) is 48.1 Å². The normalized spacial score (nSPS) is 26.1. The van der Waals surface area contributed by atoms with Gasteiger partial charge in [-0.25, -0.2) is 4.98 Å². The highest BCUT2D eigenvalue weighted by atomic mass is 16.5. The van der Waals surface area contributed by atoms with Crippen molar-refractivity contribution in [2.24, 2.45) is 23.5 Å². The molecule has 0 radical (unpaired) electrons. The van der Waals surface area contributed by atoms with E-state index in [1.54, 1.807) is 0 Å². The van der Waals surface area contributed by atoms with Gasteiger partial charge in [0.2, 0.25) is 5.88 Å². The molecule has 1 fully saturated rings. The Kier molecular flexibility index (Phi) is 5.26. The van der Waals surface area contributed by atoms with Crippen LogP contribution in [0.4, 0.5) is 0 Å². The predicted molar refractivity (Wildman–Crippen MR) is 87.4 cm³/mol. The van der Waals surface area contributed by atoms with Gasteiger partial charge in [0.1, 0.15) is 6.10 Å². The Balaban J connectivity index is 2.26. The van der Waals surface area contributed by atoms with Crippen LogP contribution in [0.25, 0.3) is 0 Å². The first kappa shape index (κ1) is 16.3. The lowest BCUT2D eigenvalue weighted by molar-refractivity contribution is 0.0417. The minimum absolute atomic E-state index is 0.271. The zero-order valence-electron chi connectivity index (χ0n) is 14.1. The van der Waals surface area contributed by atoms with Gasteiger partial charge in [0.05, 0.1) is 0 Å². The lowest BCUT2D eigenvalue weighted by Gasteiger charge is -2.37. The quantitative estimate of drug-likeness (QED) is 0.912. The monoisotopic (exact) mass is 290 g/mol. The standard InChI is InChI=1S/C18H30N2O/c1-11(2)15-7-6-12(3)8-17(15)21-18-16(10-19)13(4)9-14(5)20-18/h9,11-12,15,17H,6-8,10,19H2,1-5H3. The maximum Gasteiger partial charge on any atom is 0.218 e. The van der Waals surface area contributed by atoms with Crippen LogP contribution in [0.5, 0.6) is 5.88 Å². The summed E-state index contributed by atoms with van der Waals surface area (Å²) in [7, 11) is 0. The number of nitrogens with zero attached hydrogens (tertiary/aromatic N) is 1. The molecule has 0 bridgehead atoms. The molecule has 0 saturated heterocycles. The molecule has 2 rings (SSSR count). The zero-order valence-corrected chi connectivity index (χ0v) is 14.1. The average Bonchev–Trinajstić information content (AvgIpc) is 2.37. The van der Waals surface area contributed by atoms with Crippen LogP contribution in [0.3, 0.4) is 0 Å². The van der Waals surface area contributed by atoms with Gasteiger partial charge in [-0.1, -0.05) is 27.2 Å². The van der Waals surface area contributed by atoms with Gasteiger partial charge in [-0.05, 0) is 56.1 Å². The molecule has 118 valence electrons. The van der Waals surface area contributed by atoms with Gasteiger partial charge in [-0.2, -0.15) is 0 Å². The second-order valence-electron chi connectivity index (χ2n) is 7.05. The van der Waals surface area contributed by atoms with Crippen molar-refractivity contribution in [3.8, 4) is 5.88 Å². The Morgan fingerprint density at radius 1 is 1.33 bits per heavy atom. The highest BCUT2D eigenvalue weighted by Crippen LogP contribution is 2.36. The third-order valence-electron chi connectivity index (χ3n) is 4.87. The summed E-state index contributed by atoms with van der Waals surface area (Å²) in [4.78, 5) is 4.62. The van der Waals surface area contributed by atoms with Crippen molar-refractivity contribution in [2.75, 3.05) is 0 Å². The Morgan fingerprint density at radius 2 is 2.05 bits per heavy atom. The van der Waals surface area contributed by atoms with E-state index in [1.807, 2.05) is 6.92 Å². The van der Waals surface area contributed by atoms with Gasteiger partial charge in [-0.15, -0.1) is 0 Å². The van der Waals surface area contributed by atoms with E-state index in [-0.39, 0.29) is 6.10 Å². The highest BCUT2D eigenvalue weighted by molar-refractivity contribution is 5.35. The lowest BCUT2D eigenvalue weighted by atomic mass is 9.75. The van der Waals surface area contributed by atoms with Crippen molar-refractivity contribution in [2.45, 2.75) is 66.5 Å². The van der Waals surface area contributed by atoms with Crippen LogP contribution >= 0.6 is 0 Å². The first-order valence-electron chi connectivity index (χ1n) is 8.26. The number of nitrogens with two attached hydrogens (primary N) is 1. The Bertz CT molecular complexity index is 484. The van der Waals surface area contributed by atoms with Gasteiger partial charge in [0.25, 0.3) is 0 Å². The average molecular weight is 290 g/mol. The first-order chi connectivity index (χ1) is 9.92. The number of ether oxygens (including phenoxy) is 1. The van der Waals surface area contributed by atoms with E-state index in [0.29, 0.717) is 18.4 Å². The molecule has 0 amide bonds. The fourth-order valence-electron chi connectivity index (χ4n) is 3.57. The minimum Gasteiger partial charge on any atom is -0.474 e. The maximum absolute atomic E-state index is 6.39. The summed E-state index contributed by atoms with van der Waals surface area (Å²) in [6.45, 7) is 11.5. The molecular weight excluding hydrogens is 260 g/mol. The molecule has 3 heteroatoms. The van der Waals surface area contributed by atoms with Gasteiger partial charge in [-0.3, -0.25) is 0 Å². The number of aromatic nitrogens is 1. The summed E-state index contributed by atoms with van der Waals surface area (Å²) >= 11 is 0. The van der Waals surface area contributed by atoms with E-state index < -0.39 is 0 Å². The predicted octanol–water partition coefficient (Wildman–Crippen LogP) is 4.00. The van der Waals surface area contributed by atoms with Gasteiger partial charge < -0.3 is 10.5 Å². The molecule has 1 heterocycles. The molecule has 1 saturated carbocycles. The summed E-state index contributed by atoms with van der Waals surface area (Å²) < 4.78 is 6.39. The van der Waals surface area contributed by atoms with E-state index in [2.05, 4.69) is 38.7 Å². The van der Waals surface area contributed by atoms with Crippen LogP contribution in [0.1, 0.15) is 56.9 Å².